The van der Waals surface area contributed by atoms with E-state index in [2.05, 4.69) is 27.1 Å². The van der Waals surface area contributed by atoms with Gasteiger partial charge in [0.15, 0.2) is 0 Å². The van der Waals surface area contributed by atoms with Gasteiger partial charge in [-0.2, -0.15) is 0 Å². The monoisotopic (exact) mass is 317 g/mol. The van der Waals surface area contributed by atoms with Gasteiger partial charge in [-0.3, -0.25) is 4.79 Å². The van der Waals surface area contributed by atoms with Crippen LogP contribution in [-0.2, 0) is 0 Å². The lowest BCUT2D eigenvalue weighted by Crippen LogP contribution is -2.45. The molecule has 1 aliphatic carbocycles. The second-order valence-corrected chi connectivity index (χ2v) is 6.78. The third-order valence-corrected chi connectivity index (χ3v) is 4.94. The number of rotatable bonds is 3. The van der Waals surface area contributed by atoms with E-state index >= 15 is 0 Å². The van der Waals surface area contributed by atoms with Crippen molar-refractivity contribution >= 4 is 11.7 Å². The van der Waals surface area contributed by atoms with Crippen molar-refractivity contribution in [2.24, 2.45) is 5.73 Å². The molecule has 1 aliphatic heterocycles. The summed E-state index contributed by atoms with van der Waals surface area (Å²) in [6.07, 6.45) is 5.67. The summed E-state index contributed by atoms with van der Waals surface area (Å²) >= 11 is 0. The van der Waals surface area contributed by atoms with Crippen LogP contribution in [0.2, 0.25) is 0 Å². The van der Waals surface area contributed by atoms with Crippen molar-refractivity contribution in [1.29, 1.82) is 0 Å². The van der Waals surface area contributed by atoms with Crippen molar-refractivity contribution in [2.75, 3.05) is 38.1 Å². The van der Waals surface area contributed by atoms with E-state index in [1.807, 2.05) is 6.07 Å². The standard InChI is InChI=1S/C17H27N5O/c1-21-8-10-22(11-9-21)16-12-13(6-7-19-16)17(23)20-15-4-2-14(18)3-5-15/h6-7,12,14-15H,2-5,8-11,18H2,1H3,(H,20,23). The van der Waals surface area contributed by atoms with Gasteiger partial charge in [0.25, 0.3) is 5.91 Å². The number of anilines is 1. The van der Waals surface area contributed by atoms with Crippen LogP contribution in [0.5, 0.6) is 0 Å². The molecule has 6 nitrogen and oxygen atoms in total. The third kappa shape index (κ3) is 4.20. The molecular formula is C17H27N5O. The fraction of sp³-hybridized carbons (Fsp3) is 0.647. The highest BCUT2D eigenvalue weighted by Crippen LogP contribution is 2.18. The predicted molar refractivity (Wildman–Crippen MR) is 91.6 cm³/mol. The molecule has 0 bridgehead atoms. The maximum Gasteiger partial charge on any atom is 0.251 e. The number of nitrogens with one attached hydrogen (secondary N) is 1. The first kappa shape index (κ1) is 16.2. The van der Waals surface area contributed by atoms with Gasteiger partial charge in [-0.1, -0.05) is 0 Å². The summed E-state index contributed by atoms with van der Waals surface area (Å²) in [5, 5.41) is 3.14. The number of hydrogen-bond acceptors (Lipinski definition) is 5. The quantitative estimate of drug-likeness (QED) is 0.864. The Morgan fingerprint density at radius 3 is 2.61 bits per heavy atom. The van der Waals surface area contributed by atoms with Crippen molar-refractivity contribution in [3.63, 3.8) is 0 Å². The molecule has 1 amide bonds. The lowest BCUT2D eigenvalue weighted by molar-refractivity contribution is 0.0926. The van der Waals surface area contributed by atoms with Gasteiger partial charge in [0, 0.05) is 50.0 Å². The largest absolute Gasteiger partial charge is 0.354 e. The maximum absolute atomic E-state index is 12.5. The van der Waals surface area contributed by atoms with Crippen molar-refractivity contribution in [1.82, 2.24) is 15.2 Å². The van der Waals surface area contributed by atoms with Gasteiger partial charge < -0.3 is 20.9 Å². The molecule has 1 aromatic heterocycles. The van der Waals surface area contributed by atoms with Crippen LogP contribution in [0.25, 0.3) is 0 Å². The molecule has 0 unspecified atom stereocenters. The summed E-state index contributed by atoms with van der Waals surface area (Å²) in [6.45, 7) is 3.96. The molecule has 2 aliphatic rings. The normalized spacial score (nSPS) is 26.1. The lowest BCUT2D eigenvalue weighted by atomic mass is 9.91. The molecule has 0 aromatic carbocycles. The summed E-state index contributed by atoms with van der Waals surface area (Å²) in [7, 11) is 2.13. The van der Waals surface area contributed by atoms with Gasteiger partial charge >= 0.3 is 0 Å². The Balaban J connectivity index is 1.61. The van der Waals surface area contributed by atoms with E-state index in [-0.39, 0.29) is 11.9 Å². The van der Waals surface area contributed by atoms with Gasteiger partial charge in [-0.15, -0.1) is 0 Å². The molecule has 0 radical (unpaired) electrons. The number of nitrogens with zero attached hydrogens (tertiary/aromatic N) is 3. The second-order valence-electron chi connectivity index (χ2n) is 6.78. The Kier molecular flexibility index (Phi) is 5.13. The zero-order valence-corrected chi connectivity index (χ0v) is 13.9. The fourth-order valence-corrected chi connectivity index (χ4v) is 3.30. The SMILES string of the molecule is CN1CCN(c2cc(C(=O)NC3CCC(N)CC3)ccn2)CC1. The highest BCUT2D eigenvalue weighted by Gasteiger charge is 2.21. The molecule has 1 saturated carbocycles. The number of carbonyl (C=O) groups is 1. The molecule has 3 N–H and O–H groups in total. The minimum absolute atomic E-state index is 0.00301. The minimum Gasteiger partial charge on any atom is -0.354 e. The first-order valence-electron chi connectivity index (χ1n) is 8.58. The highest BCUT2D eigenvalue weighted by molar-refractivity contribution is 5.95. The Morgan fingerprint density at radius 1 is 1.22 bits per heavy atom. The number of amides is 1. The number of likely N-dealkylation sites (N-methyl/N-ethyl adjacent to an activating group) is 1. The van der Waals surface area contributed by atoms with Gasteiger partial charge in [0.05, 0.1) is 0 Å². The van der Waals surface area contributed by atoms with Crippen molar-refractivity contribution in [3.8, 4) is 0 Å². The molecule has 6 heteroatoms. The van der Waals surface area contributed by atoms with Crippen LogP contribution in [0, 0.1) is 0 Å². The Labute approximate surface area is 138 Å². The van der Waals surface area contributed by atoms with Crippen LogP contribution in [0.1, 0.15) is 36.0 Å². The van der Waals surface area contributed by atoms with Gasteiger partial charge in [0.1, 0.15) is 5.82 Å². The van der Waals surface area contributed by atoms with Crippen molar-refractivity contribution < 1.29 is 4.79 Å². The Bertz CT molecular complexity index is 534. The van der Waals surface area contributed by atoms with Gasteiger partial charge in [0.2, 0.25) is 0 Å². The van der Waals surface area contributed by atoms with Gasteiger partial charge in [-0.25, -0.2) is 4.98 Å². The maximum atomic E-state index is 12.5. The number of piperazine rings is 1. The van der Waals surface area contributed by atoms with Crippen LogP contribution < -0.4 is 16.0 Å². The number of aromatic nitrogens is 1. The van der Waals surface area contributed by atoms with Crippen LogP contribution >= 0.6 is 0 Å². The van der Waals surface area contributed by atoms with Crippen LogP contribution in [0.4, 0.5) is 5.82 Å². The summed E-state index contributed by atoms with van der Waals surface area (Å²) in [4.78, 5) is 21.5. The van der Waals surface area contributed by atoms with Crippen molar-refractivity contribution in [2.45, 2.75) is 37.8 Å². The zero-order chi connectivity index (χ0) is 16.2. The number of carbonyl (C=O) groups excluding carboxylic acids is 1. The highest BCUT2D eigenvalue weighted by atomic mass is 16.1. The number of pyridine rings is 1. The first-order chi connectivity index (χ1) is 11.1. The summed E-state index contributed by atoms with van der Waals surface area (Å²) in [5.74, 6) is 0.902. The molecule has 23 heavy (non-hydrogen) atoms. The van der Waals surface area contributed by atoms with E-state index in [0.717, 1.165) is 57.7 Å². The zero-order valence-electron chi connectivity index (χ0n) is 13.9. The minimum atomic E-state index is 0.00301. The Hall–Kier alpha value is -1.66. The van der Waals surface area contributed by atoms with Crippen LogP contribution in [-0.4, -0.2) is 61.1 Å². The van der Waals surface area contributed by atoms with E-state index in [4.69, 9.17) is 5.73 Å². The second kappa shape index (κ2) is 7.27. The van der Waals surface area contributed by atoms with Crippen molar-refractivity contribution in [3.05, 3.63) is 23.9 Å². The van der Waals surface area contributed by atoms with Gasteiger partial charge in [-0.05, 0) is 44.9 Å². The lowest BCUT2D eigenvalue weighted by Gasteiger charge is -2.33. The summed E-state index contributed by atoms with van der Waals surface area (Å²) < 4.78 is 0. The average molecular weight is 317 g/mol. The fourth-order valence-electron chi connectivity index (χ4n) is 3.30. The predicted octanol–water partition coefficient (Wildman–Crippen LogP) is 0.833. The Morgan fingerprint density at radius 2 is 1.91 bits per heavy atom. The molecule has 3 rings (SSSR count). The van der Waals surface area contributed by atoms with E-state index in [1.165, 1.54) is 0 Å². The molecule has 2 fully saturated rings. The summed E-state index contributed by atoms with van der Waals surface area (Å²) in [6, 6.07) is 4.26. The molecule has 0 atom stereocenters. The molecule has 2 heterocycles. The third-order valence-electron chi connectivity index (χ3n) is 4.94. The smallest absolute Gasteiger partial charge is 0.251 e. The molecule has 1 saturated heterocycles. The van der Waals surface area contributed by atoms with E-state index in [1.54, 1.807) is 12.3 Å². The number of hydrogen-bond donors (Lipinski definition) is 2. The van der Waals surface area contributed by atoms with E-state index < -0.39 is 0 Å². The summed E-state index contributed by atoms with van der Waals surface area (Å²) in [5.41, 5.74) is 6.62. The van der Waals surface area contributed by atoms with Crippen LogP contribution in [0.15, 0.2) is 18.3 Å². The first-order valence-corrected chi connectivity index (χ1v) is 8.58. The van der Waals surface area contributed by atoms with E-state index in [0.29, 0.717) is 11.6 Å². The average Bonchev–Trinajstić information content (AvgIpc) is 2.58. The molecule has 0 spiro atoms. The van der Waals surface area contributed by atoms with E-state index in [9.17, 15) is 4.79 Å². The topological polar surface area (TPSA) is 74.5 Å². The molecule has 1 aromatic rings. The number of nitrogens with two attached hydrogens (primary N) is 1. The molecular weight excluding hydrogens is 290 g/mol. The molecule has 126 valence electrons. The van der Waals surface area contributed by atoms with Crippen LogP contribution in [0.3, 0.4) is 0 Å².